The van der Waals surface area contributed by atoms with E-state index >= 15 is 0 Å². The van der Waals surface area contributed by atoms with Crippen LogP contribution in [0.1, 0.15) is 11.3 Å². The summed E-state index contributed by atoms with van der Waals surface area (Å²) in [6, 6.07) is 7.64. The molecule has 1 aromatic carbocycles. The van der Waals surface area contributed by atoms with Crippen molar-refractivity contribution in [3.63, 3.8) is 0 Å². The third-order valence-electron chi connectivity index (χ3n) is 2.54. The van der Waals surface area contributed by atoms with Crippen molar-refractivity contribution in [1.82, 2.24) is 4.98 Å². The summed E-state index contributed by atoms with van der Waals surface area (Å²) >= 11 is 11.6. The quantitative estimate of drug-likeness (QED) is 0.930. The Morgan fingerprint density at radius 3 is 2.35 bits per heavy atom. The van der Waals surface area contributed by atoms with Gasteiger partial charge in [-0.3, -0.25) is 4.72 Å². The number of hydrogen-bond donors (Lipinski definition) is 1. The van der Waals surface area contributed by atoms with Gasteiger partial charge in [0, 0.05) is 5.69 Å². The number of nitrogens with zero attached hydrogens (tertiary/aromatic N) is 1. The molecule has 0 aliphatic heterocycles. The van der Waals surface area contributed by atoms with E-state index in [2.05, 4.69) is 9.71 Å². The summed E-state index contributed by atoms with van der Waals surface area (Å²) in [5, 5.41) is 0.484. The SMILES string of the molecule is Cc1cc(C)nc(NS(=O)(=O)c2ccc(Cl)c(Cl)c2)c1. The molecule has 0 atom stereocenters. The van der Waals surface area contributed by atoms with Crippen LogP contribution in [-0.2, 0) is 10.0 Å². The summed E-state index contributed by atoms with van der Waals surface area (Å²) in [4.78, 5) is 4.17. The van der Waals surface area contributed by atoms with Crippen molar-refractivity contribution in [3.8, 4) is 0 Å². The summed E-state index contributed by atoms with van der Waals surface area (Å²) in [6.07, 6.45) is 0. The first-order valence-corrected chi connectivity index (χ1v) is 7.95. The van der Waals surface area contributed by atoms with E-state index in [4.69, 9.17) is 23.2 Å². The van der Waals surface area contributed by atoms with Gasteiger partial charge in [-0.1, -0.05) is 23.2 Å². The van der Waals surface area contributed by atoms with Gasteiger partial charge in [-0.05, 0) is 49.7 Å². The Morgan fingerprint density at radius 1 is 1.05 bits per heavy atom. The first-order valence-electron chi connectivity index (χ1n) is 5.71. The second-order valence-electron chi connectivity index (χ2n) is 4.35. The number of sulfonamides is 1. The van der Waals surface area contributed by atoms with Gasteiger partial charge >= 0.3 is 0 Å². The van der Waals surface area contributed by atoms with Crippen molar-refractivity contribution in [3.05, 3.63) is 51.6 Å². The predicted octanol–water partition coefficient (Wildman–Crippen LogP) is 3.81. The van der Waals surface area contributed by atoms with Crippen LogP contribution in [0.15, 0.2) is 35.2 Å². The maximum atomic E-state index is 12.2. The molecule has 7 heteroatoms. The Morgan fingerprint density at radius 2 is 1.75 bits per heavy atom. The van der Waals surface area contributed by atoms with Gasteiger partial charge in [0.2, 0.25) is 0 Å². The molecule has 0 radical (unpaired) electrons. The molecule has 1 heterocycles. The second kappa shape index (κ2) is 5.60. The molecular formula is C13H12Cl2N2O2S. The minimum Gasteiger partial charge on any atom is -0.263 e. The van der Waals surface area contributed by atoms with Gasteiger partial charge in [0.05, 0.1) is 14.9 Å². The Labute approximate surface area is 127 Å². The molecule has 1 aromatic heterocycles. The zero-order chi connectivity index (χ0) is 14.9. The van der Waals surface area contributed by atoms with Crippen LogP contribution in [-0.4, -0.2) is 13.4 Å². The molecule has 4 nitrogen and oxygen atoms in total. The predicted molar refractivity (Wildman–Crippen MR) is 81.0 cm³/mol. The van der Waals surface area contributed by atoms with Crippen molar-refractivity contribution in [1.29, 1.82) is 0 Å². The third-order valence-corrected chi connectivity index (χ3v) is 4.63. The van der Waals surface area contributed by atoms with Crippen LogP contribution in [0, 0.1) is 13.8 Å². The first kappa shape index (κ1) is 15.1. The summed E-state index contributed by atoms with van der Waals surface area (Å²) < 4.78 is 26.9. The molecule has 0 saturated carbocycles. The van der Waals surface area contributed by atoms with Crippen LogP contribution in [0.25, 0.3) is 0 Å². The first-order chi connectivity index (χ1) is 9.28. The number of pyridine rings is 1. The van der Waals surface area contributed by atoms with E-state index in [-0.39, 0.29) is 15.7 Å². The molecule has 0 unspecified atom stereocenters. The maximum Gasteiger partial charge on any atom is 0.263 e. The molecule has 0 fully saturated rings. The van der Waals surface area contributed by atoms with Crippen LogP contribution in [0.3, 0.4) is 0 Å². The standard InChI is InChI=1S/C13H12Cl2N2O2S/c1-8-5-9(2)16-13(6-8)17-20(18,19)10-3-4-11(14)12(15)7-10/h3-7H,1-2H3,(H,16,17). The number of aromatic nitrogens is 1. The van der Waals surface area contributed by atoms with Gasteiger partial charge in [0.15, 0.2) is 0 Å². The van der Waals surface area contributed by atoms with E-state index in [9.17, 15) is 8.42 Å². The fourth-order valence-electron chi connectivity index (χ4n) is 1.73. The lowest BCUT2D eigenvalue weighted by molar-refractivity contribution is 0.601. The van der Waals surface area contributed by atoms with Crippen LogP contribution in [0.4, 0.5) is 5.82 Å². The fraction of sp³-hybridized carbons (Fsp3) is 0.154. The Bertz CT molecular complexity index is 741. The Balaban J connectivity index is 2.37. The van der Waals surface area contributed by atoms with Crippen molar-refractivity contribution in [2.24, 2.45) is 0 Å². The van der Waals surface area contributed by atoms with E-state index in [1.807, 2.05) is 13.0 Å². The highest BCUT2D eigenvalue weighted by atomic mass is 35.5. The highest BCUT2D eigenvalue weighted by molar-refractivity contribution is 7.92. The minimum atomic E-state index is -3.74. The highest BCUT2D eigenvalue weighted by Gasteiger charge is 2.16. The average molecular weight is 331 g/mol. The van der Waals surface area contributed by atoms with E-state index in [0.29, 0.717) is 5.02 Å². The lowest BCUT2D eigenvalue weighted by atomic mass is 10.2. The van der Waals surface area contributed by atoms with Gasteiger partial charge in [-0.25, -0.2) is 13.4 Å². The van der Waals surface area contributed by atoms with Gasteiger partial charge in [0.1, 0.15) is 5.82 Å². The normalized spacial score (nSPS) is 11.4. The summed E-state index contributed by atoms with van der Waals surface area (Å²) in [6.45, 7) is 3.66. The average Bonchev–Trinajstić information content (AvgIpc) is 2.30. The van der Waals surface area contributed by atoms with Gasteiger partial charge in [0.25, 0.3) is 10.0 Å². The molecule has 0 saturated heterocycles. The molecule has 0 bridgehead atoms. The molecule has 20 heavy (non-hydrogen) atoms. The minimum absolute atomic E-state index is 0.0351. The zero-order valence-electron chi connectivity index (χ0n) is 10.8. The summed E-state index contributed by atoms with van der Waals surface area (Å²) in [5.74, 6) is 0.272. The van der Waals surface area contributed by atoms with Gasteiger partial charge < -0.3 is 0 Å². The lowest BCUT2D eigenvalue weighted by Crippen LogP contribution is -2.14. The van der Waals surface area contributed by atoms with Gasteiger partial charge in [-0.15, -0.1) is 0 Å². The second-order valence-corrected chi connectivity index (χ2v) is 6.85. The van der Waals surface area contributed by atoms with Crippen molar-refractivity contribution >= 4 is 39.0 Å². The topological polar surface area (TPSA) is 59.1 Å². The molecule has 1 N–H and O–H groups in total. The molecule has 0 aliphatic rings. The lowest BCUT2D eigenvalue weighted by Gasteiger charge is -2.09. The van der Waals surface area contributed by atoms with Crippen LogP contribution in [0.2, 0.25) is 10.0 Å². The number of halogens is 2. The van der Waals surface area contributed by atoms with Crippen LogP contribution in [0.5, 0.6) is 0 Å². The summed E-state index contributed by atoms with van der Waals surface area (Å²) in [5.41, 5.74) is 1.65. The number of rotatable bonds is 3. The number of nitrogens with one attached hydrogen (secondary N) is 1. The van der Waals surface area contributed by atoms with E-state index in [1.165, 1.54) is 18.2 Å². The van der Waals surface area contributed by atoms with Gasteiger partial charge in [-0.2, -0.15) is 0 Å². The molecule has 0 aliphatic carbocycles. The number of aryl methyl sites for hydroxylation is 2. The van der Waals surface area contributed by atoms with Crippen LogP contribution < -0.4 is 4.72 Å². The fourth-order valence-corrected chi connectivity index (χ4v) is 3.11. The largest absolute Gasteiger partial charge is 0.263 e. The van der Waals surface area contributed by atoms with Crippen molar-refractivity contribution in [2.75, 3.05) is 4.72 Å². The molecule has 2 aromatic rings. The van der Waals surface area contributed by atoms with E-state index < -0.39 is 10.0 Å². The third kappa shape index (κ3) is 3.42. The molecule has 106 valence electrons. The van der Waals surface area contributed by atoms with E-state index in [0.717, 1.165) is 11.3 Å². The zero-order valence-corrected chi connectivity index (χ0v) is 13.1. The smallest absolute Gasteiger partial charge is 0.263 e. The Hall–Kier alpha value is -1.30. The molecule has 2 rings (SSSR count). The number of benzene rings is 1. The molecular weight excluding hydrogens is 319 g/mol. The van der Waals surface area contributed by atoms with Crippen molar-refractivity contribution < 1.29 is 8.42 Å². The number of hydrogen-bond acceptors (Lipinski definition) is 3. The molecule has 0 amide bonds. The van der Waals surface area contributed by atoms with Crippen LogP contribution >= 0.6 is 23.2 Å². The monoisotopic (exact) mass is 330 g/mol. The summed E-state index contributed by atoms with van der Waals surface area (Å²) in [7, 11) is -3.74. The van der Waals surface area contributed by atoms with Crippen molar-refractivity contribution in [2.45, 2.75) is 18.7 Å². The number of anilines is 1. The van der Waals surface area contributed by atoms with E-state index in [1.54, 1.807) is 13.0 Å². The highest BCUT2D eigenvalue weighted by Crippen LogP contribution is 2.25. The maximum absolute atomic E-state index is 12.2. The molecule has 0 spiro atoms. The Kier molecular flexibility index (Phi) is 4.22.